The molecule has 2 aromatic heterocycles. The molecule has 94 valence electrons. The van der Waals surface area contributed by atoms with Crippen molar-refractivity contribution in [1.82, 2.24) is 30.4 Å². The minimum atomic E-state index is 0.0528. The predicted molar refractivity (Wildman–Crippen MR) is 65.8 cm³/mol. The average molecular weight is 264 g/mol. The lowest BCUT2D eigenvalue weighted by Gasteiger charge is -2.27. The van der Waals surface area contributed by atoms with E-state index in [0.717, 1.165) is 31.9 Å². The van der Waals surface area contributed by atoms with Gasteiger partial charge < -0.3 is 10.2 Å². The van der Waals surface area contributed by atoms with Gasteiger partial charge in [-0.25, -0.2) is 0 Å². The molecule has 3 rings (SSSR count). The van der Waals surface area contributed by atoms with E-state index in [1.807, 2.05) is 16.3 Å². The van der Waals surface area contributed by atoms with Crippen molar-refractivity contribution in [3.8, 4) is 5.69 Å². The topological polar surface area (TPSA) is 75.9 Å². The predicted octanol–water partition coefficient (Wildman–Crippen LogP) is -0.231. The third kappa shape index (κ3) is 2.00. The molecule has 8 heteroatoms. The van der Waals surface area contributed by atoms with E-state index >= 15 is 0 Å². The highest BCUT2D eigenvalue weighted by Crippen LogP contribution is 2.22. The third-order valence-electron chi connectivity index (χ3n) is 2.84. The number of nitrogens with zero attached hydrogens (tertiary/aromatic N) is 5. The van der Waals surface area contributed by atoms with Gasteiger partial charge in [-0.15, -0.1) is 16.4 Å². The summed E-state index contributed by atoms with van der Waals surface area (Å²) >= 11 is 1.42. The molecule has 1 aliphatic rings. The summed E-state index contributed by atoms with van der Waals surface area (Å²) in [4.78, 5) is 14.9. The number of aromatic nitrogens is 4. The largest absolute Gasteiger partial charge is 0.335 e. The second-order valence-corrected chi connectivity index (χ2v) is 4.85. The zero-order valence-electron chi connectivity index (χ0n) is 9.61. The SMILES string of the molecule is O=C(c1sccc1-n1cnnn1)N1CCNCC1. The van der Waals surface area contributed by atoms with Gasteiger partial charge in [0.1, 0.15) is 11.2 Å². The van der Waals surface area contributed by atoms with Crippen LogP contribution >= 0.6 is 11.3 Å². The van der Waals surface area contributed by atoms with Crippen LogP contribution in [0.4, 0.5) is 0 Å². The maximum absolute atomic E-state index is 12.4. The molecule has 1 amide bonds. The van der Waals surface area contributed by atoms with Crippen LogP contribution in [0, 0.1) is 0 Å². The molecule has 0 aromatic carbocycles. The summed E-state index contributed by atoms with van der Waals surface area (Å²) in [5.41, 5.74) is 0.744. The molecular formula is C10H12N6OS. The molecule has 18 heavy (non-hydrogen) atoms. The number of hydrogen-bond donors (Lipinski definition) is 1. The van der Waals surface area contributed by atoms with Crippen molar-refractivity contribution in [2.45, 2.75) is 0 Å². The number of amides is 1. The van der Waals surface area contributed by atoms with E-state index in [2.05, 4.69) is 20.8 Å². The van der Waals surface area contributed by atoms with E-state index < -0.39 is 0 Å². The number of hydrogen-bond acceptors (Lipinski definition) is 6. The maximum atomic E-state index is 12.4. The van der Waals surface area contributed by atoms with Crippen LogP contribution in [-0.2, 0) is 0 Å². The quantitative estimate of drug-likeness (QED) is 0.811. The molecule has 1 aliphatic heterocycles. The average Bonchev–Trinajstić information content (AvgIpc) is 3.09. The molecule has 0 spiro atoms. The number of rotatable bonds is 2. The van der Waals surface area contributed by atoms with E-state index in [0.29, 0.717) is 4.88 Å². The van der Waals surface area contributed by atoms with Crippen molar-refractivity contribution in [2.75, 3.05) is 26.2 Å². The first-order chi connectivity index (χ1) is 8.86. The molecule has 0 aliphatic carbocycles. The fraction of sp³-hybridized carbons (Fsp3) is 0.400. The van der Waals surface area contributed by atoms with E-state index in [9.17, 15) is 4.79 Å². The standard InChI is InChI=1S/C10H12N6OS/c17-10(15-4-2-11-3-5-15)9-8(1-6-18-9)16-7-12-13-14-16/h1,6-7,11H,2-5H2. The molecule has 0 radical (unpaired) electrons. The Balaban J connectivity index is 1.88. The smallest absolute Gasteiger partial charge is 0.266 e. The number of piperazine rings is 1. The monoisotopic (exact) mass is 264 g/mol. The van der Waals surface area contributed by atoms with Gasteiger partial charge in [-0.2, -0.15) is 4.68 Å². The minimum absolute atomic E-state index is 0.0528. The Morgan fingerprint density at radius 2 is 2.22 bits per heavy atom. The minimum Gasteiger partial charge on any atom is -0.335 e. The Labute approximate surface area is 107 Å². The van der Waals surface area contributed by atoms with E-state index in [1.165, 1.54) is 22.3 Å². The summed E-state index contributed by atoms with van der Waals surface area (Å²) in [6, 6.07) is 1.86. The Bertz CT molecular complexity index is 530. The van der Waals surface area contributed by atoms with Gasteiger partial charge in [0.25, 0.3) is 5.91 Å². The van der Waals surface area contributed by atoms with Crippen LogP contribution in [0.25, 0.3) is 5.69 Å². The summed E-state index contributed by atoms with van der Waals surface area (Å²) in [5.74, 6) is 0.0528. The second kappa shape index (κ2) is 4.83. The molecule has 3 heterocycles. The van der Waals surface area contributed by atoms with Crippen molar-refractivity contribution in [3.63, 3.8) is 0 Å². The van der Waals surface area contributed by atoms with Crippen molar-refractivity contribution >= 4 is 17.2 Å². The van der Waals surface area contributed by atoms with Crippen LogP contribution in [0.5, 0.6) is 0 Å². The fourth-order valence-electron chi connectivity index (χ4n) is 1.93. The number of nitrogens with one attached hydrogen (secondary N) is 1. The Kier molecular flexibility index (Phi) is 3.03. The van der Waals surface area contributed by atoms with Crippen LogP contribution in [0.1, 0.15) is 9.67 Å². The van der Waals surface area contributed by atoms with E-state index in [-0.39, 0.29) is 5.91 Å². The second-order valence-electron chi connectivity index (χ2n) is 3.93. The normalized spacial score (nSPS) is 15.9. The van der Waals surface area contributed by atoms with Crippen molar-refractivity contribution in [1.29, 1.82) is 0 Å². The van der Waals surface area contributed by atoms with Crippen LogP contribution in [-0.4, -0.2) is 57.2 Å². The number of thiophene rings is 1. The molecule has 1 fully saturated rings. The van der Waals surface area contributed by atoms with Gasteiger partial charge in [0.05, 0.1) is 5.69 Å². The molecule has 7 nitrogen and oxygen atoms in total. The van der Waals surface area contributed by atoms with Gasteiger partial charge in [0.2, 0.25) is 0 Å². The van der Waals surface area contributed by atoms with Gasteiger partial charge in [0, 0.05) is 26.2 Å². The summed E-state index contributed by atoms with van der Waals surface area (Å²) in [6.45, 7) is 3.17. The molecule has 0 bridgehead atoms. The molecule has 0 atom stereocenters. The lowest BCUT2D eigenvalue weighted by atomic mass is 10.3. The number of tetrazole rings is 1. The summed E-state index contributed by atoms with van der Waals surface area (Å²) in [5, 5.41) is 16.1. The lowest BCUT2D eigenvalue weighted by molar-refractivity contribution is 0.0740. The third-order valence-corrected chi connectivity index (χ3v) is 3.73. The Morgan fingerprint density at radius 1 is 1.39 bits per heavy atom. The van der Waals surface area contributed by atoms with Gasteiger partial charge in [0.15, 0.2) is 0 Å². The lowest BCUT2D eigenvalue weighted by Crippen LogP contribution is -2.46. The van der Waals surface area contributed by atoms with Crippen LogP contribution in [0.2, 0.25) is 0 Å². The zero-order chi connectivity index (χ0) is 12.4. The zero-order valence-corrected chi connectivity index (χ0v) is 10.4. The van der Waals surface area contributed by atoms with Crippen molar-refractivity contribution in [3.05, 3.63) is 22.7 Å². The number of carbonyl (C=O) groups is 1. The van der Waals surface area contributed by atoms with Crippen LogP contribution in [0.15, 0.2) is 17.8 Å². The van der Waals surface area contributed by atoms with Crippen LogP contribution in [0.3, 0.4) is 0 Å². The first-order valence-corrected chi connectivity index (χ1v) is 6.55. The summed E-state index contributed by atoms with van der Waals surface area (Å²) < 4.78 is 1.52. The number of carbonyl (C=O) groups excluding carboxylic acids is 1. The highest BCUT2D eigenvalue weighted by molar-refractivity contribution is 7.12. The summed E-state index contributed by atoms with van der Waals surface area (Å²) in [7, 11) is 0. The van der Waals surface area contributed by atoms with Gasteiger partial charge >= 0.3 is 0 Å². The molecule has 0 saturated carbocycles. The Hall–Kier alpha value is -1.80. The summed E-state index contributed by atoms with van der Waals surface area (Å²) in [6.07, 6.45) is 1.50. The van der Waals surface area contributed by atoms with Gasteiger partial charge in [-0.05, 0) is 21.9 Å². The van der Waals surface area contributed by atoms with Gasteiger partial charge in [-0.1, -0.05) is 0 Å². The van der Waals surface area contributed by atoms with Crippen LogP contribution < -0.4 is 5.32 Å². The van der Waals surface area contributed by atoms with Gasteiger partial charge in [-0.3, -0.25) is 4.79 Å². The maximum Gasteiger partial charge on any atom is 0.266 e. The Morgan fingerprint density at radius 3 is 2.94 bits per heavy atom. The highest BCUT2D eigenvalue weighted by atomic mass is 32.1. The van der Waals surface area contributed by atoms with Crippen molar-refractivity contribution < 1.29 is 4.79 Å². The fourth-order valence-corrected chi connectivity index (χ4v) is 2.77. The van der Waals surface area contributed by atoms with E-state index in [1.54, 1.807) is 0 Å². The first-order valence-electron chi connectivity index (χ1n) is 5.67. The molecule has 0 unspecified atom stereocenters. The molecule has 1 N–H and O–H groups in total. The molecular weight excluding hydrogens is 252 g/mol. The van der Waals surface area contributed by atoms with E-state index in [4.69, 9.17) is 0 Å². The van der Waals surface area contributed by atoms with Crippen molar-refractivity contribution in [2.24, 2.45) is 0 Å². The first kappa shape index (κ1) is 11.3. The molecule has 1 saturated heterocycles. The molecule has 2 aromatic rings. The highest BCUT2D eigenvalue weighted by Gasteiger charge is 2.22.